The Kier molecular flexibility index (Phi) is 5.05. The molecule has 1 nitrogen and oxygen atoms in total. The van der Waals surface area contributed by atoms with Crippen molar-refractivity contribution >= 4 is 11.1 Å². The Morgan fingerprint density at radius 3 is 2.14 bits per heavy atom. The molecule has 1 aromatic rings. The molecule has 0 aromatic heterocycles. The quantitative estimate of drug-likeness (QED) is 0.733. The van der Waals surface area contributed by atoms with Gasteiger partial charge in [0.2, 0.25) is 0 Å². The topological polar surface area (TPSA) is 3.24 Å². The molecule has 1 aromatic carbocycles. The van der Waals surface area contributed by atoms with Gasteiger partial charge in [-0.05, 0) is 24.1 Å². The van der Waals surface area contributed by atoms with Crippen LogP contribution < -0.4 is 0 Å². The van der Waals surface area contributed by atoms with Crippen molar-refractivity contribution < 1.29 is 0 Å². The lowest BCUT2D eigenvalue weighted by atomic mass is 10.2. The van der Waals surface area contributed by atoms with Crippen LogP contribution in [-0.4, -0.2) is 22.9 Å². The predicted molar refractivity (Wildman–Crippen MR) is 68.0 cm³/mol. The minimum Gasteiger partial charge on any atom is -0.269 e. The summed E-state index contributed by atoms with van der Waals surface area (Å²) in [5.74, 6) is 2.60. The number of hydrogen-bond acceptors (Lipinski definition) is 1. The van der Waals surface area contributed by atoms with Crippen molar-refractivity contribution in [2.75, 3.05) is 18.6 Å². The van der Waals surface area contributed by atoms with E-state index in [-0.39, 0.29) is 11.1 Å². The van der Waals surface area contributed by atoms with E-state index in [9.17, 15) is 0 Å². The van der Waals surface area contributed by atoms with Gasteiger partial charge >= 0.3 is 0 Å². The van der Waals surface area contributed by atoms with Gasteiger partial charge in [-0.1, -0.05) is 44.2 Å². The largest absolute Gasteiger partial charge is 0.269 e. The summed E-state index contributed by atoms with van der Waals surface area (Å²) in [6.07, 6.45) is 0. The molecular formula is C12H21NS. The van der Waals surface area contributed by atoms with Gasteiger partial charge in [0.15, 0.2) is 0 Å². The Hall–Kier alpha value is -0.470. The number of nitrogens with zero attached hydrogens (tertiary/aromatic N) is 1. The zero-order valence-electron chi connectivity index (χ0n) is 9.40. The molecular weight excluding hydrogens is 190 g/mol. The van der Waals surface area contributed by atoms with Crippen LogP contribution in [0.5, 0.6) is 0 Å². The highest BCUT2D eigenvalue weighted by Gasteiger charge is 2.05. The van der Waals surface area contributed by atoms with E-state index < -0.39 is 0 Å². The molecule has 0 fully saturated rings. The van der Waals surface area contributed by atoms with Gasteiger partial charge < -0.3 is 0 Å². The highest BCUT2D eigenvalue weighted by molar-refractivity contribution is 8.14. The Bertz CT molecular complexity index is 244. The van der Waals surface area contributed by atoms with Crippen LogP contribution in [0.4, 0.5) is 0 Å². The molecule has 0 radical (unpaired) electrons. The Labute approximate surface area is 90.6 Å². The summed E-state index contributed by atoms with van der Waals surface area (Å²) in [5.41, 5.74) is 1.42. The summed E-state index contributed by atoms with van der Waals surface area (Å²) < 4.78 is 2.50. The zero-order chi connectivity index (χ0) is 10.4. The summed E-state index contributed by atoms with van der Waals surface area (Å²) in [5, 5.41) is 0. The van der Waals surface area contributed by atoms with Gasteiger partial charge in [0.25, 0.3) is 0 Å². The second-order valence-corrected chi connectivity index (χ2v) is 6.40. The van der Waals surface area contributed by atoms with Crippen LogP contribution in [0.25, 0.3) is 0 Å². The van der Waals surface area contributed by atoms with Gasteiger partial charge in [0.1, 0.15) is 0 Å². The number of hydrogen-bond donors (Lipinski definition) is 1. The van der Waals surface area contributed by atoms with Crippen molar-refractivity contribution in [2.24, 2.45) is 0 Å². The highest BCUT2D eigenvalue weighted by Crippen LogP contribution is 2.29. The molecule has 0 bridgehead atoms. The van der Waals surface area contributed by atoms with Crippen LogP contribution in [0, 0.1) is 0 Å². The Morgan fingerprint density at radius 1 is 1.07 bits per heavy atom. The Morgan fingerprint density at radius 2 is 1.64 bits per heavy atom. The molecule has 14 heavy (non-hydrogen) atoms. The first-order valence-electron chi connectivity index (χ1n) is 5.27. The van der Waals surface area contributed by atoms with Gasteiger partial charge in [-0.2, -0.15) is 11.1 Å². The fraction of sp³-hybridized carbons (Fsp3) is 0.500. The van der Waals surface area contributed by atoms with Gasteiger partial charge in [-0.25, -0.2) is 0 Å². The zero-order valence-corrected chi connectivity index (χ0v) is 10.3. The summed E-state index contributed by atoms with van der Waals surface area (Å²) in [6.45, 7) is 5.67. The normalized spacial score (nSPS) is 11.9. The second kappa shape index (κ2) is 6.10. The van der Waals surface area contributed by atoms with E-state index in [0.717, 1.165) is 6.54 Å². The summed E-state index contributed by atoms with van der Waals surface area (Å²) in [6, 6.07) is 10.7. The molecule has 0 aliphatic heterocycles. The number of benzene rings is 1. The third kappa shape index (κ3) is 3.35. The van der Waals surface area contributed by atoms with Crippen LogP contribution in [0.3, 0.4) is 0 Å². The van der Waals surface area contributed by atoms with E-state index in [0.29, 0.717) is 0 Å². The maximum atomic E-state index is 2.50. The van der Waals surface area contributed by atoms with Crippen LogP contribution >= 0.6 is 11.1 Å². The molecule has 1 rings (SSSR count). The summed E-state index contributed by atoms with van der Waals surface area (Å²) in [7, 11) is 2.24. The third-order valence-electron chi connectivity index (χ3n) is 2.47. The molecule has 0 N–H and O–H groups in total. The predicted octanol–water partition coefficient (Wildman–Crippen LogP) is 3.07. The van der Waals surface area contributed by atoms with E-state index >= 15 is 0 Å². The third-order valence-corrected chi connectivity index (χ3v) is 5.03. The number of rotatable bonds is 5. The van der Waals surface area contributed by atoms with Gasteiger partial charge in [-0.15, -0.1) is 0 Å². The minimum atomic E-state index is 0.0922. The molecule has 0 heterocycles. The molecule has 0 amide bonds. The first-order valence-corrected chi connectivity index (χ1v) is 6.94. The molecule has 0 unspecified atom stereocenters. The van der Waals surface area contributed by atoms with Crippen molar-refractivity contribution in [2.45, 2.75) is 20.4 Å². The van der Waals surface area contributed by atoms with E-state index in [2.05, 4.69) is 55.5 Å². The molecule has 2 heteroatoms. The van der Waals surface area contributed by atoms with E-state index in [1.807, 2.05) is 0 Å². The standard InChI is InChI=1S/C12H21NS/c1-4-14(5-2)13(3)11-12-9-7-6-8-10-12/h6-10,14H,4-5,11H2,1-3H3. The summed E-state index contributed by atoms with van der Waals surface area (Å²) >= 11 is 0.0922. The fourth-order valence-electron chi connectivity index (χ4n) is 1.65. The first kappa shape index (κ1) is 11.6. The molecule has 0 saturated carbocycles. The maximum absolute atomic E-state index is 2.50. The van der Waals surface area contributed by atoms with E-state index in [1.165, 1.54) is 17.1 Å². The minimum absolute atomic E-state index is 0.0922. The molecule has 0 atom stereocenters. The van der Waals surface area contributed by atoms with Crippen LogP contribution in [0.1, 0.15) is 19.4 Å². The number of thiol groups is 1. The van der Waals surface area contributed by atoms with Gasteiger partial charge in [0, 0.05) is 6.54 Å². The van der Waals surface area contributed by atoms with Gasteiger partial charge in [-0.3, -0.25) is 4.31 Å². The molecule has 80 valence electrons. The molecule has 0 aliphatic rings. The molecule has 0 spiro atoms. The second-order valence-electron chi connectivity index (χ2n) is 3.44. The average Bonchev–Trinajstić information content (AvgIpc) is 2.21. The summed E-state index contributed by atoms with van der Waals surface area (Å²) in [4.78, 5) is 0. The lowest BCUT2D eigenvalue weighted by molar-refractivity contribution is 0.556. The van der Waals surface area contributed by atoms with E-state index in [4.69, 9.17) is 0 Å². The highest BCUT2D eigenvalue weighted by atomic mass is 32.2. The lowest BCUT2D eigenvalue weighted by Crippen LogP contribution is -2.16. The maximum Gasteiger partial charge on any atom is 0.0319 e. The Balaban J connectivity index is 2.52. The lowest BCUT2D eigenvalue weighted by Gasteiger charge is -2.29. The monoisotopic (exact) mass is 211 g/mol. The smallest absolute Gasteiger partial charge is 0.0319 e. The van der Waals surface area contributed by atoms with Crippen molar-refractivity contribution in [3.8, 4) is 0 Å². The first-order chi connectivity index (χ1) is 6.77. The molecule has 0 saturated heterocycles. The van der Waals surface area contributed by atoms with Crippen LogP contribution in [0.15, 0.2) is 30.3 Å². The van der Waals surface area contributed by atoms with Gasteiger partial charge in [0.05, 0.1) is 0 Å². The van der Waals surface area contributed by atoms with Crippen molar-refractivity contribution in [3.05, 3.63) is 35.9 Å². The van der Waals surface area contributed by atoms with Crippen molar-refractivity contribution in [1.29, 1.82) is 0 Å². The van der Waals surface area contributed by atoms with E-state index in [1.54, 1.807) is 0 Å². The van der Waals surface area contributed by atoms with Crippen molar-refractivity contribution in [3.63, 3.8) is 0 Å². The van der Waals surface area contributed by atoms with Crippen molar-refractivity contribution in [1.82, 2.24) is 4.31 Å². The molecule has 0 aliphatic carbocycles. The average molecular weight is 211 g/mol. The van der Waals surface area contributed by atoms with Crippen LogP contribution in [0.2, 0.25) is 0 Å². The SMILES string of the molecule is CC[SH](CC)N(C)Cc1ccccc1. The fourth-order valence-corrected chi connectivity index (χ4v) is 3.43. The van der Waals surface area contributed by atoms with Crippen LogP contribution in [-0.2, 0) is 6.54 Å².